The lowest BCUT2D eigenvalue weighted by Crippen LogP contribution is -2.15. The van der Waals surface area contributed by atoms with Crippen molar-refractivity contribution in [2.75, 3.05) is 0 Å². The lowest BCUT2D eigenvalue weighted by atomic mass is 10.2. The van der Waals surface area contributed by atoms with Gasteiger partial charge in [0.2, 0.25) is 0 Å². The van der Waals surface area contributed by atoms with E-state index in [1.54, 1.807) is 23.9 Å². The molecule has 0 aliphatic heterocycles. The lowest BCUT2D eigenvalue weighted by Gasteiger charge is -2.08. The van der Waals surface area contributed by atoms with Gasteiger partial charge < -0.3 is 10.9 Å². The molecular weight excluding hydrogens is 274 g/mol. The minimum absolute atomic E-state index is 0.0368. The predicted molar refractivity (Wildman–Crippen MR) is 69.1 cm³/mol. The minimum Gasteiger partial charge on any atom is -0.409 e. The third kappa shape index (κ3) is 2.41. The molecular formula is C10H10ClN5OS. The number of halogens is 1. The zero-order valence-electron chi connectivity index (χ0n) is 9.41. The molecule has 2 rings (SSSR count). The Hall–Kier alpha value is -1.73. The van der Waals surface area contributed by atoms with Crippen molar-refractivity contribution < 1.29 is 5.21 Å². The SMILES string of the molecule is Cn1ncnc1Sc1cccc(Cl)c1/C(N)=N/O. The van der Waals surface area contributed by atoms with Gasteiger partial charge in [-0.15, -0.1) is 0 Å². The van der Waals surface area contributed by atoms with Crippen LogP contribution in [0.3, 0.4) is 0 Å². The van der Waals surface area contributed by atoms with Crippen molar-refractivity contribution in [1.82, 2.24) is 14.8 Å². The van der Waals surface area contributed by atoms with Crippen LogP contribution in [-0.2, 0) is 7.05 Å². The number of hydrogen-bond donors (Lipinski definition) is 2. The standard InChI is InChI=1S/C10H10ClN5OS/c1-16-10(13-5-14-16)18-7-4-2-3-6(11)8(7)9(12)15-17/h2-5,17H,1H3,(H2,12,15). The van der Waals surface area contributed by atoms with Crippen molar-refractivity contribution in [3.8, 4) is 0 Å². The zero-order chi connectivity index (χ0) is 13.1. The Kier molecular flexibility index (Phi) is 3.73. The maximum atomic E-state index is 8.78. The van der Waals surface area contributed by atoms with Gasteiger partial charge in [0.15, 0.2) is 11.0 Å². The first-order chi connectivity index (χ1) is 8.63. The van der Waals surface area contributed by atoms with Crippen molar-refractivity contribution in [2.45, 2.75) is 10.1 Å². The summed E-state index contributed by atoms with van der Waals surface area (Å²) in [6, 6.07) is 5.28. The molecule has 0 aliphatic rings. The second-order valence-corrected chi connectivity index (χ2v) is 4.78. The van der Waals surface area contributed by atoms with E-state index in [-0.39, 0.29) is 5.84 Å². The summed E-state index contributed by atoms with van der Waals surface area (Å²) in [4.78, 5) is 4.84. The Labute approximate surface area is 112 Å². The smallest absolute Gasteiger partial charge is 0.190 e. The van der Waals surface area contributed by atoms with E-state index in [9.17, 15) is 0 Å². The molecule has 0 atom stereocenters. The molecule has 6 nitrogen and oxygen atoms in total. The van der Waals surface area contributed by atoms with E-state index in [0.29, 0.717) is 15.7 Å². The number of nitrogens with two attached hydrogens (primary N) is 1. The van der Waals surface area contributed by atoms with Gasteiger partial charge in [0.1, 0.15) is 6.33 Å². The highest BCUT2D eigenvalue weighted by Crippen LogP contribution is 2.32. The van der Waals surface area contributed by atoms with Crippen molar-refractivity contribution in [2.24, 2.45) is 17.9 Å². The van der Waals surface area contributed by atoms with Gasteiger partial charge >= 0.3 is 0 Å². The van der Waals surface area contributed by atoms with Crippen molar-refractivity contribution in [3.63, 3.8) is 0 Å². The number of rotatable bonds is 3. The molecule has 0 amide bonds. The van der Waals surface area contributed by atoms with Gasteiger partial charge in [0.25, 0.3) is 0 Å². The Bertz CT molecular complexity index is 598. The summed E-state index contributed by atoms with van der Waals surface area (Å²) >= 11 is 7.39. The fourth-order valence-corrected chi connectivity index (χ4v) is 2.63. The normalized spacial score (nSPS) is 11.8. The fraction of sp³-hybridized carbons (Fsp3) is 0.100. The summed E-state index contributed by atoms with van der Waals surface area (Å²) in [7, 11) is 1.78. The Morgan fingerprint density at radius 3 is 2.94 bits per heavy atom. The number of oxime groups is 1. The van der Waals surface area contributed by atoms with Crippen LogP contribution in [0.5, 0.6) is 0 Å². The molecule has 3 N–H and O–H groups in total. The molecule has 0 aliphatic carbocycles. The largest absolute Gasteiger partial charge is 0.409 e. The number of aryl methyl sites for hydroxylation is 1. The fourth-order valence-electron chi connectivity index (χ4n) is 1.36. The molecule has 0 unspecified atom stereocenters. The van der Waals surface area contributed by atoms with Crippen LogP contribution in [-0.4, -0.2) is 25.8 Å². The lowest BCUT2D eigenvalue weighted by molar-refractivity contribution is 0.318. The number of amidine groups is 1. The summed E-state index contributed by atoms with van der Waals surface area (Å²) in [5, 5.41) is 16.8. The molecule has 0 fully saturated rings. The number of nitrogens with zero attached hydrogens (tertiary/aromatic N) is 4. The van der Waals surface area contributed by atoms with E-state index >= 15 is 0 Å². The summed E-state index contributed by atoms with van der Waals surface area (Å²) in [6.07, 6.45) is 1.45. The van der Waals surface area contributed by atoms with Gasteiger partial charge in [-0.2, -0.15) is 5.10 Å². The van der Waals surface area contributed by atoms with Gasteiger partial charge in [-0.25, -0.2) is 9.67 Å². The maximum Gasteiger partial charge on any atom is 0.190 e. The van der Waals surface area contributed by atoms with E-state index < -0.39 is 0 Å². The topological polar surface area (TPSA) is 89.3 Å². The zero-order valence-corrected chi connectivity index (χ0v) is 11.0. The molecule has 18 heavy (non-hydrogen) atoms. The first-order valence-electron chi connectivity index (χ1n) is 4.91. The summed E-state index contributed by atoms with van der Waals surface area (Å²) in [5.41, 5.74) is 6.10. The second-order valence-electron chi connectivity index (χ2n) is 3.37. The van der Waals surface area contributed by atoms with Crippen LogP contribution in [0.2, 0.25) is 5.02 Å². The average Bonchev–Trinajstić information content (AvgIpc) is 2.74. The van der Waals surface area contributed by atoms with Crippen LogP contribution >= 0.6 is 23.4 Å². The van der Waals surface area contributed by atoms with Gasteiger partial charge in [0.05, 0.1) is 10.6 Å². The first kappa shape index (κ1) is 12.7. The molecule has 1 heterocycles. The van der Waals surface area contributed by atoms with Gasteiger partial charge in [0, 0.05) is 11.9 Å². The minimum atomic E-state index is -0.0368. The number of benzene rings is 1. The highest BCUT2D eigenvalue weighted by molar-refractivity contribution is 7.99. The Morgan fingerprint density at radius 2 is 2.33 bits per heavy atom. The van der Waals surface area contributed by atoms with E-state index in [0.717, 1.165) is 4.90 Å². The van der Waals surface area contributed by atoms with Crippen LogP contribution < -0.4 is 5.73 Å². The number of hydrogen-bond acceptors (Lipinski definition) is 5. The molecule has 1 aromatic heterocycles. The molecule has 0 radical (unpaired) electrons. The monoisotopic (exact) mass is 283 g/mol. The van der Waals surface area contributed by atoms with Crippen molar-refractivity contribution >= 4 is 29.2 Å². The third-order valence-electron chi connectivity index (χ3n) is 2.21. The van der Waals surface area contributed by atoms with E-state index in [4.69, 9.17) is 22.5 Å². The molecule has 0 bridgehead atoms. The molecule has 1 aromatic carbocycles. The first-order valence-corrected chi connectivity index (χ1v) is 6.11. The van der Waals surface area contributed by atoms with E-state index in [1.165, 1.54) is 18.1 Å². The third-order valence-corrected chi connectivity index (χ3v) is 3.64. The van der Waals surface area contributed by atoms with Crippen LogP contribution in [0, 0.1) is 0 Å². The quantitative estimate of drug-likeness (QED) is 0.387. The van der Waals surface area contributed by atoms with Crippen LogP contribution in [0.4, 0.5) is 0 Å². The highest BCUT2D eigenvalue weighted by Gasteiger charge is 2.14. The van der Waals surface area contributed by atoms with Crippen LogP contribution in [0.25, 0.3) is 0 Å². The molecule has 94 valence electrons. The molecule has 0 saturated heterocycles. The number of aromatic nitrogens is 3. The molecule has 8 heteroatoms. The molecule has 0 saturated carbocycles. The van der Waals surface area contributed by atoms with Crippen LogP contribution in [0.15, 0.2) is 39.7 Å². The summed E-state index contributed by atoms with van der Waals surface area (Å²) in [5.74, 6) is -0.0368. The Morgan fingerprint density at radius 1 is 1.56 bits per heavy atom. The average molecular weight is 284 g/mol. The van der Waals surface area contributed by atoms with Crippen molar-refractivity contribution in [3.05, 3.63) is 35.1 Å². The second kappa shape index (κ2) is 5.28. The molecule has 0 spiro atoms. The summed E-state index contributed by atoms with van der Waals surface area (Å²) in [6.45, 7) is 0. The van der Waals surface area contributed by atoms with E-state index in [1.807, 2.05) is 6.07 Å². The van der Waals surface area contributed by atoms with E-state index in [2.05, 4.69) is 15.2 Å². The molecule has 2 aromatic rings. The van der Waals surface area contributed by atoms with Gasteiger partial charge in [-0.3, -0.25) is 0 Å². The summed E-state index contributed by atoms with van der Waals surface area (Å²) < 4.78 is 1.63. The highest BCUT2D eigenvalue weighted by atomic mass is 35.5. The van der Waals surface area contributed by atoms with Gasteiger partial charge in [-0.1, -0.05) is 22.8 Å². The van der Waals surface area contributed by atoms with Crippen LogP contribution in [0.1, 0.15) is 5.56 Å². The maximum absolute atomic E-state index is 8.78. The predicted octanol–water partition coefficient (Wildman–Crippen LogP) is 1.71. The van der Waals surface area contributed by atoms with Gasteiger partial charge in [-0.05, 0) is 23.9 Å². The van der Waals surface area contributed by atoms with Crippen molar-refractivity contribution in [1.29, 1.82) is 0 Å². The Balaban J connectivity index is 2.45.